The molecule has 39 heavy (non-hydrogen) atoms. The molecule has 0 atom stereocenters. The average Bonchev–Trinajstić information content (AvgIpc) is 2.90. The van der Waals surface area contributed by atoms with Crippen LogP contribution in [-0.2, 0) is 16.6 Å². The van der Waals surface area contributed by atoms with E-state index >= 15 is 8.78 Å². The molecule has 1 heterocycles. The van der Waals surface area contributed by atoms with Crippen LogP contribution in [0.15, 0.2) is 66.7 Å². The predicted octanol–water partition coefficient (Wildman–Crippen LogP) is 5.82. The first-order valence-corrected chi connectivity index (χ1v) is 13.7. The van der Waals surface area contributed by atoms with Crippen molar-refractivity contribution in [3.05, 3.63) is 89.5 Å². The second-order valence-corrected chi connectivity index (χ2v) is 10.8. The van der Waals surface area contributed by atoms with Gasteiger partial charge in [-0.2, -0.15) is 4.98 Å². The third-order valence-electron chi connectivity index (χ3n) is 5.77. The quantitative estimate of drug-likeness (QED) is 0.269. The van der Waals surface area contributed by atoms with E-state index in [-0.39, 0.29) is 22.7 Å². The summed E-state index contributed by atoms with van der Waals surface area (Å²) in [4.78, 5) is 5.71. The van der Waals surface area contributed by atoms with Gasteiger partial charge in [-0.1, -0.05) is 30.3 Å². The number of nitrogens with two attached hydrogens (primary N) is 1. The van der Waals surface area contributed by atoms with E-state index in [9.17, 15) is 8.42 Å². The lowest BCUT2D eigenvalue weighted by atomic mass is 10.0. The van der Waals surface area contributed by atoms with Gasteiger partial charge >= 0.3 is 0 Å². The van der Waals surface area contributed by atoms with E-state index in [1.165, 1.54) is 19.1 Å². The highest BCUT2D eigenvalue weighted by molar-refractivity contribution is 7.92. The highest BCUT2D eigenvalue weighted by Gasteiger charge is 2.22. The minimum Gasteiger partial charge on any atom is -0.436 e. The van der Waals surface area contributed by atoms with E-state index in [1.54, 1.807) is 43.3 Å². The molecule has 0 fully saturated rings. The van der Waals surface area contributed by atoms with Gasteiger partial charge in [0.05, 0.1) is 11.9 Å². The predicted molar refractivity (Wildman–Crippen MR) is 148 cm³/mol. The largest absolute Gasteiger partial charge is 0.436 e. The van der Waals surface area contributed by atoms with Gasteiger partial charge in [-0.25, -0.2) is 17.2 Å². The summed E-state index contributed by atoms with van der Waals surface area (Å²) in [5, 5.41) is 0. The van der Waals surface area contributed by atoms with Crippen molar-refractivity contribution in [2.75, 3.05) is 30.0 Å². The topological polar surface area (TPSA) is 107 Å². The maximum absolute atomic E-state index is 15.1. The number of nitrogens with one attached hydrogen (secondary N) is 1. The van der Waals surface area contributed by atoms with E-state index in [0.717, 1.165) is 22.9 Å². The number of nitrogens with zero attached hydrogens (tertiary/aromatic N) is 2. The van der Waals surface area contributed by atoms with Crippen LogP contribution in [0.4, 0.5) is 20.2 Å². The Morgan fingerprint density at radius 2 is 1.56 bits per heavy atom. The maximum Gasteiger partial charge on any atom is 0.259 e. The zero-order valence-electron chi connectivity index (χ0n) is 21.8. The SMILES string of the molecule is Cc1c(F)c(Oc2cccc(-c3cccc(CN)c3)c2)nc(Oc2cc(N(C)C)ccc2NS(C)(=O)=O)c1F. The molecule has 0 unspecified atom stereocenters. The Bertz CT molecular complexity index is 1630. The molecule has 0 aliphatic rings. The normalized spacial score (nSPS) is 11.3. The molecule has 0 saturated carbocycles. The Labute approximate surface area is 226 Å². The number of sulfonamides is 1. The Morgan fingerprint density at radius 3 is 2.21 bits per heavy atom. The molecule has 11 heteroatoms. The van der Waals surface area contributed by atoms with Crippen molar-refractivity contribution in [3.8, 4) is 34.4 Å². The number of pyridine rings is 1. The molecular weight excluding hydrogens is 526 g/mol. The Hall–Kier alpha value is -4.22. The number of halogens is 2. The molecule has 0 amide bonds. The second kappa shape index (κ2) is 11.3. The zero-order valence-corrected chi connectivity index (χ0v) is 22.6. The Kier molecular flexibility index (Phi) is 8.03. The molecular formula is C28H28F2N4O4S. The average molecular weight is 555 g/mol. The molecule has 1 aromatic heterocycles. The Balaban J connectivity index is 1.71. The van der Waals surface area contributed by atoms with Gasteiger partial charge in [-0.3, -0.25) is 4.72 Å². The van der Waals surface area contributed by atoms with E-state index in [1.807, 2.05) is 30.3 Å². The van der Waals surface area contributed by atoms with Crippen molar-refractivity contribution in [2.45, 2.75) is 13.5 Å². The monoisotopic (exact) mass is 554 g/mol. The lowest BCUT2D eigenvalue weighted by Gasteiger charge is -2.18. The van der Waals surface area contributed by atoms with E-state index in [4.69, 9.17) is 15.2 Å². The van der Waals surface area contributed by atoms with E-state index < -0.39 is 33.4 Å². The van der Waals surface area contributed by atoms with Gasteiger partial charge < -0.3 is 20.1 Å². The highest BCUT2D eigenvalue weighted by Crippen LogP contribution is 2.37. The minimum absolute atomic E-state index is 0.0308. The smallest absolute Gasteiger partial charge is 0.259 e. The lowest BCUT2D eigenvalue weighted by Crippen LogP contribution is -2.12. The van der Waals surface area contributed by atoms with Crippen molar-refractivity contribution < 1.29 is 26.7 Å². The number of hydrogen-bond acceptors (Lipinski definition) is 7. The van der Waals surface area contributed by atoms with Gasteiger partial charge in [0.15, 0.2) is 17.4 Å². The van der Waals surface area contributed by atoms with Gasteiger partial charge in [-0.05, 0) is 53.9 Å². The minimum atomic E-state index is -3.68. The second-order valence-electron chi connectivity index (χ2n) is 9.06. The van der Waals surface area contributed by atoms with Crippen LogP contribution < -0.4 is 24.8 Å². The van der Waals surface area contributed by atoms with Crippen molar-refractivity contribution >= 4 is 21.4 Å². The van der Waals surface area contributed by atoms with Crippen molar-refractivity contribution in [3.63, 3.8) is 0 Å². The third kappa shape index (κ3) is 6.62. The van der Waals surface area contributed by atoms with Gasteiger partial charge in [0, 0.05) is 38.0 Å². The fourth-order valence-corrected chi connectivity index (χ4v) is 4.30. The number of aromatic nitrogens is 1. The summed E-state index contributed by atoms with van der Waals surface area (Å²) < 4.78 is 67.7. The van der Waals surface area contributed by atoms with Crippen molar-refractivity contribution in [1.29, 1.82) is 0 Å². The van der Waals surface area contributed by atoms with Gasteiger partial charge in [-0.15, -0.1) is 0 Å². The van der Waals surface area contributed by atoms with Crippen LogP contribution in [-0.4, -0.2) is 33.8 Å². The molecule has 4 rings (SSSR count). The number of hydrogen-bond donors (Lipinski definition) is 2. The first-order chi connectivity index (χ1) is 18.4. The molecule has 0 saturated heterocycles. The van der Waals surface area contributed by atoms with Crippen LogP contribution in [0.5, 0.6) is 23.3 Å². The van der Waals surface area contributed by atoms with Gasteiger partial charge in [0.25, 0.3) is 11.8 Å². The van der Waals surface area contributed by atoms with Gasteiger partial charge in [0.1, 0.15) is 5.75 Å². The summed E-state index contributed by atoms with van der Waals surface area (Å²) in [6.07, 6.45) is 0.976. The fraction of sp³-hybridized carbons (Fsp3) is 0.179. The maximum atomic E-state index is 15.1. The highest BCUT2D eigenvalue weighted by atomic mass is 32.2. The van der Waals surface area contributed by atoms with Crippen LogP contribution in [0.25, 0.3) is 11.1 Å². The molecule has 0 aliphatic carbocycles. The van der Waals surface area contributed by atoms with Crippen LogP contribution in [0.1, 0.15) is 11.1 Å². The molecule has 0 radical (unpaired) electrons. The summed E-state index contributed by atoms with van der Waals surface area (Å²) in [5.41, 5.74) is 8.73. The number of anilines is 2. The third-order valence-corrected chi connectivity index (χ3v) is 6.36. The van der Waals surface area contributed by atoms with Crippen LogP contribution in [0.2, 0.25) is 0 Å². The van der Waals surface area contributed by atoms with E-state index in [0.29, 0.717) is 12.2 Å². The summed E-state index contributed by atoms with van der Waals surface area (Å²) in [5.74, 6) is -2.89. The molecule has 0 aliphatic heterocycles. The van der Waals surface area contributed by atoms with Crippen LogP contribution in [0.3, 0.4) is 0 Å². The summed E-state index contributed by atoms with van der Waals surface area (Å²) in [6, 6.07) is 19.2. The van der Waals surface area contributed by atoms with Crippen molar-refractivity contribution in [2.24, 2.45) is 5.73 Å². The number of benzene rings is 3. The molecule has 0 spiro atoms. The Morgan fingerprint density at radius 1 is 0.923 bits per heavy atom. The first-order valence-electron chi connectivity index (χ1n) is 11.8. The molecule has 0 bridgehead atoms. The standard InChI is InChI=1S/C28H28F2N4O4S/c1-17-25(29)27(37-22-10-6-9-20(14-22)19-8-5-7-18(13-19)16-31)32-28(26(17)30)38-24-15-21(34(2)3)11-12-23(24)33-39(4,35)36/h5-15,33H,16,31H2,1-4H3. The van der Waals surface area contributed by atoms with E-state index in [2.05, 4.69) is 9.71 Å². The summed E-state index contributed by atoms with van der Waals surface area (Å²) >= 11 is 0. The number of ether oxygens (including phenoxy) is 2. The molecule has 3 N–H and O–H groups in total. The molecule has 3 aromatic carbocycles. The van der Waals surface area contributed by atoms with Crippen molar-refractivity contribution in [1.82, 2.24) is 4.98 Å². The fourth-order valence-electron chi connectivity index (χ4n) is 3.73. The summed E-state index contributed by atoms with van der Waals surface area (Å²) in [7, 11) is -0.132. The van der Waals surface area contributed by atoms with Crippen LogP contribution >= 0.6 is 0 Å². The van der Waals surface area contributed by atoms with Gasteiger partial charge in [0.2, 0.25) is 10.0 Å². The molecule has 204 valence electrons. The number of rotatable bonds is 9. The molecule has 4 aromatic rings. The first kappa shape index (κ1) is 27.8. The summed E-state index contributed by atoms with van der Waals surface area (Å²) in [6.45, 7) is 1.61. The lowest BCUT2D eigenvalue weighted by molar-refractivity contribution is 0.373. The molecule has 8 nitrogen and oxygen atoms in total. The zero-order chi connectivity index (χ0) is 28.3. The van der Waals surface area contributed by atoms with Crippen LogP contribution in [0, 0.1) is 18.6 Å².